The molecule has 0 bridgehead atoms. The van der Waals surface area contributed by atoms with Crippen LogP contribution in [0, 0.1) is 0 Å². The van der Waals surface area contributed by atoms with E-state index < -0.39 is 12.1 Å². The summed E-state index contributed by atoms with van der Waals surface area (Å²) in [5.41, 5.74) is 0. The van der Waals surface area contributed by atoms with Crippen molar-refractivity contribution in [2.24, 2.45) is 0 Å². The molecule has 1 amide bonds. The van der Waals surface area contributed by atoms with Crippen molar-refractivity contribution in [2.45, 2.75) is 251 Å². The van der Waals surface area contributed by atoms with Gasteiger partial charge in [-0.25, -0.2) is 0 Å². The number of hydrogen-bond donors (Lipinski definition) is 3. The number of carbonyl (C=O) groups is 2. The molecule has 0 heterocycles. The molecule has 0 saturated heterocycles. The van der Waals surface area contributed by atoms with Gasteiger partial charge in [-0.1, -0.05) is 198 Å². The largest absolute Gasteiger partial charge is 0.466 e. The lowest BCUT2D eigenvalue weighted by molar-refractivity contribution is -0.143. The van der Waals surface area contributed by atoms with Crippen LogP contribution in [-0.4, -0.2) is 47.4 Å². The van der Waals surface area contributed by atoms with Crippen LogP contribution in [0.1, 0.15) is 239 Å². The second kappa shape index (κ2) is 44.8. The van der Waals surface area contributed by atoms with Crippen LogP contribution in [0.25, 0.3) is 0 Å². The van der Waals surface area contributed by atoms with E-state index in [1.807, 2.05) is 6.08 Å². The quantitative estimate of drug-likeness (QED) is 0.0326. The molecule has 0 rings (SSSR count). The Kier molecular flexibility index (Phi) is 43.2. The number of rotatable bonds is 43. The number of amides is 1. The molecule has 0 aliphatic rings. The van der Waals surface area contributed by atoms with Gasteiger partial charge in [-0.2, -0.15) is 0 Å². The minimum Gasteiger partial charge on any atom is -0.466 e. The SMILES string of the molecule is CCCCC/C=C\C/C=C\CCCCCCCCCC(=O)OCCCCCCCCCCCCC(=O)NC(CO)C(O)/C=C/CCCCCCCCCCC. The van der Waals surface area contributed by atoms with Crippen molar-refractivity contribution in [3.05, 3.63) is 36.5 Å². The predicted molar refractivity (Wildman–Crippen MR) is 236 cm³/mol. The molecule has 2 atom stereocenters. The molecule has 0 aliphatic carbocycles. The van der Waals surface area contributed by atoms with E-state index in [-0.39, 0.29) is 18.5 Å². The van der Waals surface area contributed by atoms with Crippen molar-refractivity contribution in [1.29, 1.82) is 0 Å². The van der Waals surface area contributed by atoms with Gasteiger partial charge in [0.25, 0.3) is 0 Å². The molecule has 0 aliphatic heterocycles. The molecule has 322 valence electrons. The molecule has 0 aromatic heterocycles. The van der Waals surface area contributed by atoms with Crippen molar-refractivity contribution in [1.82, 2.24) is 5.32 Å². The monoisotopic (exact) mass is 774 g/mol. The highest BCUT2D eigenvalue weighted by molar-refractivity contribution is 5.76. The lowest BCUT2D eigenvalue weighted by atomic mass is 10.0. The van der Waals surface area contributed by atoms with Gasteiger partial charge in [0.2, 0.25) is 5.91 Å². The van der Waals surface area contributed by atoms with Gasteiger partial charge in [-0.3, -0.25) is 9.59 Å². The summed E-state index contributed by atoms with van der Waals surface area (Å²) in [6, 6.07) is -0.644. The maximum absolute atomic E-state index is 12.4. The fourth-order valence-corrected chi connectivity index (χ4v) is 6.95. The van der Waals surface area contributed by atoms with E-state index in [1.54, 1.807) is 6.08 Å². The molecule has 0 fully saturated rings. The fraction of sp³-hybridized carbons (Fsp3) is 0.837. The zero-order valence-corrected chi connectivity index (χ0v) is 36.4. The summed E-state index contributed by atoms with van der Waals surface area (Å²) in [7, 11) is 0. The lowest BCUT2D eigenvalue weighted by Gasteiger charge is -2.20. The van der Waals surface area contributed by atoms with Gasteiger partial charge in [0.05, 0.1) is 25.4 Å². The van der Waals surface area contributed by atoms with Crippen LogP contribution in [0.15, 0.2) is 36.5 Å². The number of esters is 1. The summed E-state index contributed by atoms with van der Waals surface area (Å²) in [6.07, 6.45) is 52.7. The van der Waals surface area contributed by atoms with Crippen molar-refractivity contribution in [3.63, 3.8) is 0 Å². The summed E-state index contributed by atoms with van der Waals surface area (Å²) in [5, 5.41) is 22.9. The molecular weight excluding hydrogens is 683 g/mol. The van der Waals surface area contributed by atoms with Crippen LogP contribution in [0.3, 0.4) is 0 Å². The minimum atomic E-state index is -0.858. The molecule has 3 N–H and O–H groups in total. The average molecular weight is 774 g/mol. The topological polar surface area (TPSA) is 95.9 Å². The van der Waals surface area contributed by atoms with E-state index in [0.29, 0.717) is 19.4 Å². The van der Waals surface area contributed by atoms with Crippen LogP contribution in [0.5, 0.6) is 0 Å². The van der Waals surface area contributed by atoms with E-state index in [0.717, 1.165) is 64.2 Å². The number of aliphatic hydroxyl groups excluding tert-OH is 2. The Morgan fingerprint density at radius 3 is 1.42 bits per heavy atom. The average Bonchev–Trinajstić information content (AvgIpc) is 3.18. The van der Waals surface area contributed by atoms with Crippen molar-refractivity contribution >= 4 is 11.9 Å². The first kappa shape index (κ1) is 53.1. The van der Waals surface area contributed by atoms with Gasteiger partial charge in [0.15, 0.2) is 0 Å². The molecule has 6 heteroatoms. The molecule has 0 aromatic rings. The standard InChI is InChI=1S/C49H91NO5/c1-3-5-7-9-11-13-15-16-17-18-19-20-22-27-31-35-39-43-49(54)55-44-40-36-32-28-24-23-26-30-34-38-42-48(53)50-46(45-51)47(52)41-37-33-29-25-21-14-12-10-8-6-4-2/h11,13,16-17,37,41,46-47,51-52H,3-10,12,14-15,18-36,38-40,42-45H2,1-2H3,(H,50,53)/b13-11-,17-16-,41-37+. The highest BCUT2D eigenvalue weighted by atomic mass is 16.5. The Bertz CT molecular complexity index is 900. The highest BCUT2D eigenvalue weighted by Crippen LogP contribution is 2.14. The maximum atomic E-state index is 12.4. The molecule has 0 spiro atoms. The molecule has 6 nitrogen and oxygen atoms in total. The first-order valence-corrected chi connectivity index (χ1v) is 23.8. The van der Waals surface area contributed by atoms with Gasteiger partial charge in [-0.05, 0) is 64.2 Å². The van der Waals surface area contributed by atoms with Gasteiger partial charge < -0.3 is 20.3 Å². The van der Waals surface area contributed by atoms with Crippen LogP contribution in [-0.2, 0) is 14.3 Å². The Labute approximate surface area is 341 Å². The third-order valence-corrected chi connectivity index (χ3v) is 10.7. The number of carbonyl (C=O) groups excluding carboxylic acids is 2. The maximum Gasteiger partial charge on any atom is 0.305 e. The number of ether oxygens (including phenoxy) is 1. The summed E-state index contributed by atoms with van der Waals surface area (Å²) < 4.78 is 5.45. The zero-order chi connectivity index (χ0) is 40.1. The predicted octanol–water partition coefficient (Wildman–Crippen LogP) is 13.7. The van der Waals surface area contributed by atoms with E-state index >= 15 is 0 Å². The first-order valence-electron chi connectivity index (χ1n) is 23.8. The normalized spacial score (nSPS) is 13.0. The fourth-order valence-electron chi connectivity index (χ4n) is 6.95. The number of hydrogen-bond acceptors (Lipinski definition) is 5. The number of aliphatic hydroxyl groups is 2. The Hall–Kier alpha value is -1.92. The van der Waals surface area contributed by atoms with Crippen LogP contribution < -0.4 is 5.32 Å². The van der Waals surface area contributed by atoms with Gasteiger partial charge in [0, 0.05) is 12.8 Å². The molecule has 2 unspecified atom stereocenters. The van der Waals surface area contributed by atoms with Gasteiger partial charge >= 0.3 is 5.97 Å². The van der Waals surface area contributed by atoms with Crippen molar-refractivity contribution in [2.75, 3.05) is 13.2 Å². The van der Waals surface area contributed by atoms with Gasteiger partial charge in [0.1, 0.15) is 0 Å². The summed E-state index contributed by atoms with van der Waals surface area (Å²) in [5.74, 6) is -0.124. The number of nitrogens with one attached hydrogen (secondary N) is 1. The molecule has 0 saturated carbocycles. The first-order chi connectivity index (χ1) is 27.0. The highest BCUT2D eigenvalue weighted by Gasteiger charge is 2.18. The van der Waals surface area contributed by atoms with Crippen molar-refractivity contribution < 1.29 is 24.5 Å². The van der Waals surface area contributed by atoms with E-state index in [1.165, 1.54) is 148 Å². The molecular formula is C49H91NO5. The Morgan fingerprint density at radius 1 is 0.509 bits per heavy atom. The molecule has 0 aromatic carbocycles. The second-order valence-electron chi connectivity index (χ2n) is 16.1. The van der Waals surface area contributed by atoms with Crippen LogP contribution in [0.4, 0.5) is 0 Å². The zero-order valence-electron chi connectivity index (χ0n) is 36.4. The third kappa shape index (κ3) is 41.5. The van der Waals surface area contributed by atoms with Crippen LogP contribution in [0.2, 0.25) is 0 Å². The lowest BCUT2D eigenvalue weighted by Crippen LogP contribution is -2.45. The summed E-state index contributed by atoms with van der Waals surface area (Å²) in [4.78, 5) is 24.4. The second-order valence-corrected chi connectivity index (χ2v) is 16.1. The van der Waals surface area contributed by atoms with Crippen molar-refractivity contribution in [3.8, 4) is 0 Å². The van der Waals surface area contributed by atoms with Gasteiger partial charge in [-0.15, -0.1) is 0 Å². The molecule has 0 radical (unpaired) electrons. The van der Waals surface area contributed by atoms with E-state index in [9.17, 15) is 19.8 Å². The third-order valence-electron chi connectivity index (χ3n) is 10.7. The van der Waals surface area contributed by atoms with E-state index in [4.69, 9.17) is 4.74 Å². The Balaban J connectivity index is 3.51. The number of unbranched alkanes of at least 4 members (excludes halogenated alkanes) is 28. The van der Waals surface area contributed by atoms with E-state index in [2.05, 4.69) is 43.5 Å². The Morgan fingerprint density at radius 2 is 0.909 bits per heavy atom. The van der Waals surface area contributed by atoms with Crippen LogP contribution >= 0.6 is 0 Å². The minimum absolute atomic E-state index is 0.0298. The summed E-state index contributed by atoms with van der Waals surface area (Å²) in [6.45, 7) is 4.79. The smallest absolute Gasteiger partial charge is 0.305 e. The molecule has 55 heavy (non-hydrogen) atoms. The number of allylic oxidation sites excluding steroid dienone is 5. The summed E-state index contributed by atoms with van der Waals surface area (Å²) >= 11 is 0.